The molecule has 0 spiro atoms. The van der Waals surface area contributed by atoms with Gasteiger partial charge in [0, 0.05) is 12.1 Å². The van der Waals surface area contributed by atoms with Crippen molar-refractivity contribution in [1.82, 2.24) is 5.32 Å². The van der Waals surface area contributed by atoms with Gasteiger partial charge in [0.15, 0.2) is 0 Å². The molecule has 17 heavy (non-hydrogen) atoms. The van der Waals surface area contributed by atoms with Gasteiger partial charge in [-0.15, -0.1) is 0 Å². The first kappa shape index (κ1) is 13.7. The minimum Gasteiger partial charge on any atom is -0.489 e. The van der Waals surface area contributed by atoms with Gasteiger partial charge in [0.05, 0.1) is 0 Å². The third-order valence-corrected chi connectivity index (χ3v) is 2.32. The van der Waals surface area contributed by atoms with Gasteiger partial charge in [0.2, 0.25) is 0 Å². The zero-order chi connectivity index (χ0) is 12.7. The fourth-order valence-electron chi connectivity index (χ4n) is 1.38. The first-order valence-corrected chi connectivity index (χ1v) is 5.88. The highest BCUT2D eigenvalue weighted by Gasteiger charge is 2.04. The fourth-order valence-corrected chi connectivity index (χ4v) is 1.38. The monoisotopic (exact) mass is 237 g/mol. The summed E-state index contributed by atoms with van der Waals surface area (Å²) in [6, 6.07) is 4.62. The van der Waals surface area contributed by atoms with Crippen molar-refractivity contribution in [2.75, 3.05) is 13.2 Å². The van der Waals surface area contributed by atoms with Crippen LogP contribution in [0.1, 0.15) is 26.3 Å². The Kier molecular flexibility index (Phi) is 5.70. The number of ether oxygens (including phenoxy) is 1. The second-order valence-corrected chi connectivity index (χ2v) is 4.12. The van der Waals surface area contributed by atoms with E-state index in [4.69, 9.17) is 4.74 Å². The van der Waals surface area contributed by atoms with Crippen molar-refractivity contribution in [2.45, 2.75) is 27.3 Å². The maximum Gasteiger partial charge on any atom is 0.124 e. The van der Waals surface area contributed by atoms with E-state index < -0.39 is 0 Å². The first-order chi connectivity index (χ1) is 8.13. The van der Waals surface area contributed by atoms with Crippen LogP contribution >= 0.6 is 0 Å². The molecule has 0 amide bonds. The lowest BCUT2D eigenvalue weighted by Crippen LogP contribution is -2.13. The average molecular weight is 237 g/mol. The molecule has 3 heteroatoms. The average Bonchev–Trinajstić information content (AvgIpc) is 2.28. The lowest BCUT2D eigenvalue weighted by molar-refractivity contribution is 0.356. The largest absolute Gasteiger partial charge is 0.489 e. The second kappa shape index (κ2) is 7.07. The van der Waals surface area contributed by atoms with Gasteiger partial charge in [0.1, 0.15) is 18.2 Å². The summed E-state index contributed by atoms with van der Waals surface area (Å²) in [6.45, 7) is 8.06. The lowest BCUT2D eigenvalue weighted by Gasteiger charge is -2.10. The van der Waals surface area contributed by atoms with Crippen LogP contribution in [0.25, 0.3) is 0 Å². The number of hydrogen-bond donors (Lipinski definition) is 1. The molecule has 0 aliphatic carbocycles. The number of allylic oxidation sites excluding steroid dienone is 1. The number of benzene rings is 1. The van der Waals surface area contributed by atoms with Crippen molar-refractivity contribution in [2.24, 2.45) is 0 Å². The molecule has 0 unspecified atom stereocenters. The zero-order valence-corrected chi connectivity index (χ0v) is 10.7. The van der Waals surface area contributed by atoms with Crippen LogP contribution in [0.3, 0.4) is 0 Å². The number of hydrogen-bond acceptors (Lipinski definition) is 2. The summed E-state index contributed by atoms with van der Waals surface area (Å²) in [4.78, 5) is 0. The Labute approximate surface area is 102 Å². The van der Waals surface area contributed by atoms with Crippen molar-refractivity contribution in [3.05, 3.63) is 41.2 Å². The Bertz CT molecular complexity index is 384. The van der Waals surface area contributed by atoms with Gasteiger partial charge in [0.25, 0.3) is 0 Å². The topological polar surface area (TPSA) is 21.3 Å². The quantitative estimate of drug-likeness (QED) is 0.767. The van der Waals surface area contributed by atoms with Crippen molar-refractivity contribution in [3.63, 3.8) is 0 Å². The molecule has 0 radical (unpaired) electrons. The van der Waals surface area contributed by atoms with Crippen LogP contribution in [0, 0.1) is 5.82 Å². The molecule has 0 heterocycles. The van der Waals surface area contributed by atoms with Crippen LogP contribution in [0.5, 0.6) is 5.75 Å². The predicted molar refractivity (Wildman–Crippen MR) is 68.7 cm³/mol. The first-order valence-electron chi connectivity index (χ1n) is 5.88. The molecule has 0 aliphatic heterocycles. The maximum absolute atomic E-state index is 13.1. The zero-order valence-electron chi connectivity index (χ0n) is 10.7. The Morgan fingerprint density at radius 3 is 2.82 bits per heavy atom. The SMILES string of the molecule is CCNCc1cc(F)ccc1OCC=C(C)C. The highest BCUT2D eigenvalue weighted by atomic mass is 19.1. The summed E-state index contributed by atoms with van der Waals surface area (Å²) in [7, 11) is 0. The van der Waals surface area contributed by atoms with E-state index in [1.165, 1.54) is 17.7 Å². The van der Waals surface area contributed by atoms with Crippen LogP contribution in [-0.2, 0) is 6.54 Å². The highest BCUT2D eigenvalue weighted by molar-refractivity contribution is 5.34. The third kappa shape index (κ3) is 5.00. The Morgan fingerprint density at radius 2 is 2.18 bits per heavy atom. The Hall–Kier alpha value is -1.35. The molecule has 0 saturated heterocycles. The summed E-state index contributed by atoms with van der Waals surface area (Å²) in [5.74, 6) is 0.511. The van der Waals surface area contributed by atoms with Crippen LogP contribution in [0.2, 0.25) is 0 Å². The number of halogens is 1. The molecule has 1 aromatic rings. The van der Waals surface area contributed by atoms with Crippen LogP contribution in [0.4, 0.5) is 4.39 Å². The molecule has 0 fully saturated rings. The summed E-state index contributed by atoms with van der Waals surface area (Å²) >= 11 is 0. The van der Waals surface area contributed by atoms with Crippen molar-refractivity contribution < 1.29 is 9.13 Å². The van der Waals surface area contributed by atoms with E-state index >= 15 is 0 Å². The normalized spacial score (nSPS) is 10.1. The Balaban J connectivity index is 2.71. The molecule has 94 valence electrons. The minimum absolute atomic E-state index is 0.229. The molecule has 0 saturated carbocycles. The van der Waals surface area contributed by atoms with Gasteiger partial charge < -0.3 is 10.1 Å². The van der Waals surface area contributed by atoms with E-state index in [0.29, 0.717) is 13.2 Å². The van der Waals surface area contributed by atoms with Gasteiger partial charge in [-0.25, -0.2) is 4.39 Å². The van der Waals surface area contributed by atoms with E-state index in [1.807, 2.05) is 26.8 Å². The second-order valence-electron chi connectivity index (χ2n) is 4.12. The number of rotatable bonds is 6. The van der Waals surface area contributed by atoms with Gasteiger partial charge in [-0.2, -0.15) is 0 Å². The van der Waals surface area contributed by atoms with Crippen LogP contribution < -0.4 is 10.1 Å². The summed E-state index contributed by atoms with van der Waals surface area (Å²) in [5.41, 5.74) is 2.06. The van der Waals surface area contributed by atoms with E-state index in [1.54, 1.807) is 6.07 Å². The van der Waals surface area contributed by atoms with Crippen molar-refractivity contribution in [3.8, 4) is 5.75 Å². The molecular formula is C14H20FNO. The Morgan fingerprint density at radius 1 is 1.41 bits per heavy atom. The smallest absolute Gasteiger partial charge is 0.124 e. The van der Waals surface area contributed by atoms with Crippen LogP contribution in [0.15, 0.2) is 29.8 Å². The standard InChI is InChI=1S/C14H20FNO/c1-4-16-10-12-9-13(15)5-6-14(12)17-8-7-11(2)3/h5-7,9,16H,4,8,10H2,1-3H3. The molecule has 0 aromatic heterocycles. The predicted octanol–water partition coefficient (Wildman–Crippen LogP) is 3.28. The maximum atomic E-state index is 13.1. The summed E-state index contributed by atoms with van der Waals surface area (Å²) in [6.07, 6.45) is 2.00. The molecule has 0 aliphatic rings. The van der Waals surface area contributed by atoms with Gasteiger partial charge in [-0.1, -0.05) is 12.5 Å². The van der Waals surface area contributed by atoms with E-state index in [0.717, 1.165) is 17.9 Å². The lowest BCUT2D eigenvalue weighted by atomic mass is 10.2. The molecule has 0 bridgehead atoms. The highest BCUT2D eigenvalue weighted by Crippen LogP contribution is 2.19. The van der Waals surface area contributed by atoms with Crippen LogP contribution in [-0.4, -0.2) is 13.2 Å². The molecule has 2 nitrogen and oxygen atoms in total. The molecule has 1 aromatic carbocycles. The van der Waals surface area contributed by atoms with Gasteiger partial charge in [-0.05, 0) is 44.7 Å². The molecule has 1 N–H and O–H groups in total. The molecule has 1 rings (SSSR count). The summed E-state index contributed by atoms with van der Waals surface area (Å²) in [5, 5.41) is 3.17. The van der Waals surface area contributed by atoms with E-state index in [2.05, 4.69) is 5.32 Å². The van der Waals surface area contributed by atoms with E-state index in [-0.39, 0.29) is 5.82 Å². The van der Waals surface area contributed by atoms with E-state index in [9.17, 15) is 4.39 Å². The fraction of sp³-hybridized carbons (Fsp3) is 0.429. The minimum atomic E-state index is -0.229. The van der Waals surface area contributed by atoms with Gasteiger partial charge in [-0.3, -0.25) is 0 Å². The molecular weight excluding hydrogens is 217 g/mol. The third-order valence-electron chi connectivity index (χ3n) is 2.32. The van der Waals surface area contributed by atoms with Crippen molar-refractivity contribution in [1.29, 1.82) is 0 Å². The van der Waals surface area contributed by atoms with Gasteiger partial charge >= 0.3 is 0 Å². The number of nitrogens with one attached hydrogen (secondary N) is 1. The van der Waals surface area contributed by atoms with Crippen molar-refractivity contribution >= 4 is 0 Å². The summed E-state index contributed by atoms with van der Waals surface area (Å²) < 4.78 is 18.7. The molecule has 0 atom stereocenters.